The summed E-state index contributed by atoms with van der Waals surface area (Å²) in [6.45, 7) is 2.02. The lowest BCUT2D eigenvalue weighted by Crippen LogP contribution is -2.13. The van der Waals surface area contributed by atoms with E-state index in [9.17, 15) is 0 Å². The molecular formula is C13H12ClN5. The summed E-state index contributed by atoms with van der Waals surface area (Å²) in [5.74, 6) is 0.789. The Morgan fingerprint density at radius 3 is 2.79 bits per heavy atom. The molecule has 0 unspecified atom stereocenters. The van der Waals surface area contributed by atoms with Crippen LogP contribution in [0.2, 0.25) is 5.02 Å². The van der Waals surface area contributed by atoms with Gasteiger partial charge in [-0.2, -0.15) is 5.10 Å². The second kappa shape index (κ2) is 4.85. The summed E-state index contributed by atoms with van der Waals surface area (Å²) >= 11 is 6.22. The van der Waals surface area contributed by atoms with Crippen LogP contribution in [0.25, 0.3) is 5.69 Å². The Bertz CT molecular complexity index is 674. The molecule has 1 aromatic carbocycles. The Labute approximate surface area is 115 Å². The molecule has 0 amide bonds. The van der Waals surface area contributed by atoms with Gasteiger partial charge in [-0.25, -0.2) is 0 Å². The minimum absolute atomic E-state index is 0.0197. The molecule has 3 rings (SSSR count). The monoisotopic (exact) mass is 273 g/mol. The topological polar surface area (TPSA) is 48.5 Å². The van der Waals surface area contributed by atoms with Crippen LogP contribution in [-0.4, -0.2) is 24.5 Å². The fourth-order valence-electron chi connectivity index (χ4n) is 1.99. The largest absolute Gasteiger partial charge is 0.282 e. The molecule has 2 aromatic heterocycles. The van der Waals surface area contributed by atoms with Crippen LogP contribution in [0.1, 0.15) is 18.8 Å². The lowest BCUT2D eigenvalue weighted by molar-refractivity contribution is 0.528. The van der Waals surface area contributed by atoms with Gasteiger partial charge >= 0.3 is 0 Å². The highest BCUT2D eigenvalue weighted by Gasteiger charge is 2.17. The van der Waals surface area contributed by atoms with Gasteiger partial charge in [0.15, 0.2) is 5.82 Å². The van der Waals surface area contributed by atoms with Crippen molar-refractivity contribution in [2.45, 2.75) is 13.0 Å². The minimum atomic E-state index is -0.0197. The number of para-hydroxylation sites is 1. The van der Waals surface area contributed by atoms with Gasteiger partial charge in [0.1, 0.15) is 12.4 Å². The maximum absolute atomic E-state index is 6.22. The summed E-state index contributed by atoms with van der Waals surface area (Å²) < 4.78 is 3.71. The molecule has 3 aromatic rings. The van der Waals surface area contributed by atoms with E-state index in [1.165, 1.54) is 0 Å². The summed E-state index contributed by atoms with van der Waals surface area (Å²) in [7, 11) is 0. The quantitative estimate of drug-likeness (QED) is 0.737. The highest BCUT2D eigenvalue weighted by Crippen LogP contribution is 2.23. The molecule has 0 spiro atoms. The zero-order valence-electron chi connectivity index (χ0n) is 10.3. The van der Waals surface area contributed by atoms with E-state index < -0.39 is 0 Å². The molecule has 5 nitrogen and oxygen atoms in total. The molecule has 6 heteroatoms. The number of rotatable bonds is 3. The van der Waals surface area contributed by atoms with E-state index in [1.807, 2.05) is 52.7 Å². The van der Waals surface area contributed by atoms with Crippen LogP contribution in [0.15, 0.2) is 49.1 Å². The molecular weight excluding hydrogens is 262 g/mol. The van der Waals surface area contributed by atoms with Crippen molar-refractivity contribution in [1.82, 2.24) is 24.5 Å². The van der Waals surface area contributed by atoms with Crippen molar-refractivity contribution in [2.24, 2.45) is 0 Å². The van der Waals surface area contributed by atoms with E-state index in [0.29, 0.717) is 5.02 Å². The predicted octanol–water partition coefficient (Wildman–Crippen LogP) is 2.73. The van der Waals surface area contributed by atoms with Gasteiger partial charge < -0.3 is 0 Å². The van der Waals surface area contributed by atoms with Crippen LogP contribution in [0.4, 0.5) is 0 Å². The number of nitrogens with zero attached hydrogens (tertiary/aromatic N) is 5. The molecule has 0 fully saturated rings. The molecule has 0 aliphatic heterocycles. The normalized spacial score (nSPS) is 12.5. The minimum Gasteiger partial charge on any atom is -0.282 e. The van der Waals surface area contributed by atoms with Gasteiger partial charge in [0.25, 0.3) is 0 Å². The zero-order chi connectivity index (χ0) is 13.2. The van der Waals surface area contributed by atoms with Crippen LogP contribution in [0.5, 0.6) is 0 Å². The first-order chi connectivity index (χ1) is 9.27. The summed E-state index contributed by atoms with van der Waals surface area (Å²) in [5, 5.41) is 13.1. The Balaban J connectivity index is 2.06. The summed E-state index contributed by atoms with van der Waals surface area (Å²) in [4.78, 5) is 0. The van der Waals surface area contributed by atoms with Gasteiger partial charge in [-0.15, -0.1) is 10.2 Å². The molecule has 19 heavy (non-hydrogen) atoms. The van der Waals surface area contributed by atoms with Crippen molar-refractivity contribution in [2.75, 3.05) is 0 Å². The van der Waals surface area contributed by atoms with Crippen molar-refractivity contribution in [3.05, 3.63) is 59.9 Å². The average molecular weight is 274 g/mol. The fraction of sp³-hybridized carbons (Fsp3) is 0.154. The van der Waals surface area contributed by atoms with E-state index in [0.717, 1.165) is 11.5 Å². The van der Waals surface area contributed by atoms with Crippen molar-refractivity contribution in [3.63, 3.8) is 0 Å². The standard InChI is InChI=1S/C13H12ClN5/c1-10(19-8-4-7-16-19)13-17-15-9-18(13)12-6-3-2-5-11(12)14/h2-10H,1H3/t10-/m1/s1. The first-order valence-electron chi connectivity index (χ1n) is 5.91. The molecule has 0 aliphatic rings. The van der Waals surface area contributed by atoms with Crippen molar-refractivity contribution < 1.29 is 0 Å². The smallest absolute Gasteiger partial charge is 0.162 e. The lowest BCUT2D eigenvalue weighted by atomic mass is 10.2. The van der Waals surface area contributed by atoms with Gasteiger partial charge in [-0.05, 0) is 25.1 Å². The highest BCUT2D eigenvalue weighted by atomic mass is 35.5. The molecule has 96 valence electrons. The number of benzene rings is 1. The molecule has 0 saturated heterocycles. The third-order valence-corrected chi connectivity index (χ3v) is 3.30. The van der Waals surface area contributed by atoms with Crippen molar-refractivity contribution in [1.29, 1.82) is 0 Å². The number of halogens is 1. The van der Waals surface area contributed by atoms with Crippen LogP contribution in [0, 0.1) is 0 Å². The lowest BCUT2D eigenvalue weighted by Gasteiger charge is -2.14. The Morgan fingerprint density at radius 2 is 2.05 bits per heavy atom. The summed E-state index contributed by atoms with van der Waals surface area (Å²) in [6, 6.07) is 9.47. The fourth-order valence-corrected chi connectivity index (χ4v) is 2.22. The molecule has 2 heterocycles. The maximum atomic E-state index is 6.22. The van der Waals surface area contributed by atoms with Gasteiger partial charge in [0.2, 0.25) is 0 Å². The Kier molecular flexibility index (Phi) is 3.05. The van der Waals surface area contributed by atoms with E-state index in [-0.39, 0.29) is 6.04 Å². The zero-order valence-corrected chi connectivity index (χ0v) is 11.1. The van der Waals surface area contributed by atoms with E-state index in [1.54, 1.807) is 12.5 Å². The van der Waals surface area contributed by atoms with Crippen molar-refractivity contribution in [3.8, 4) is 5.69 Å². The van der Waals surface area contributed by atoms with Crippen molar-refractivity contribution >= 4 is 11.6 Å². The third kappa shape index (κ3) is 2.13. The Hall–Kier alpha value is -2.14. The van der Waals surface area contributed by atoms with E-state index in [4.69, 9.17) is 11.6 Å². The van der Waals surface area contributed by atoms with E-state index in [2.05, 4.69) is 15.3 Å². The third-order valence-electron chi connectivity index (χ3n) is 2.98. The molecule has 0 bridgehead atoms. The summed E-state index contributed by atoms with van der Waals surface area (Å²) in [6.07, 6.45) is 5.31. The highest BCUT2D eigenvalue weighted by molar-refractivity contribution is 6.32. The second-order valence-electron chi connectivity index (χ2n) is 4.17. The number of hydrogen-bond acceptors (Lipinski definition) is 3. The Morgan fingerprint density at radius 1 is 1.21 bits per heavy atom. The maximum Gasteiger partial charge on any atom is 0.162 e. The number of hydrogen-bond donors (Lipinski definition) is 0. The van der Waals surface area contributed by atoms with Crippen LogP contribution in [-0.2, 0) is 0 Å². The van der Waals surface area contributed by atoms with Crippen LogP contribution < -0.4 is 0 Å². The first kappa shape index (κ1) is 11.9. The van der Waals surface area contributed by atoms with Gasteiger partial charge in [0.05, 0.1) is 10.7 Å². The SMILES string of the molecule is C[C@H](c1nncn1-c1ccccc1Cl)n1cccn1. The van der Waals surface area contributed by atoms with Crippen LogP contribution in [0.3, 0.4) is 0 Å². The van der Waals surface area contributed by atoms with E-state index >= 15 is 0 Å². The second-order valence-corrected chi connectivity index (χ2v) is 4.58. The summed E-state index contributed by atoms with van der Waals surface area (Å²) in [5.41, 5.74) is 0.864. The van der Waals surface area contributed by atoms with Gasteiger partial charge in [-0.3, -0.25) is 9.25 Å². The molecule has 0 saturated carbocycles. The molecule has 0 aliphatic carbocycles. The van der Waals surface area contributed by atoms with Crippen LogP contribution >= 0.6 is 11.6 Å². The molecule has 0 N–H and O–H groups in total. The number of aromatic nitrogens is 5. The molecule has 1 atom stereocenters. The van der Waals surface area contributed by atoms with Gasteiger partial charge in [-0.1, -0.05) is 23.7 Å². The predicted molar refractivity (Wildman–Crippen MR) is 72.4 cm³/mol. The first-order valence-corrected chi connectivity index (χ1v) is 6.29. The van der Waals surface area contributed by atoms with Gasteiger partial charge in [0, 0.05) is 12.4 Å². The molecule has 0 radical (unpaired) electrons. The average Bonchev–Trinajstić information content (AvgIpc) is 3.10.